The first-order valence-electron chi connectivity index (χ1n) is 9.23. The van der Waals surface area contributed by atoms with Crippen LogP contribution in [0, 0.1) is 0 Å². The fourth-order valence-electron chi connectivity index (χ4n) is 3.17. The van der Waals surface area contributed by atoms with Gasteiger partial charge in [0.05, 0.1) is 15.7 Å². The predicted octanol–water partition coefficient (Wildman–Crippen LogP) is 4.09. The SMILES string of the molecule is CCN(CC(=O)Nc1c(Cl)cccc1Cl)C(=O)c1cc(N2CCCC2)ccn1. The lowest BCUT2D eigenvalue weighted by Gasteiger charge is -2.22. The Bertz CT molecular complexity index is 849. The lowest BCUT2D eigenvalue weighted by Crippen LogP contribution is -2.38. The Morgan fingerprint density at radius 2 is 1.86 bits per heavy atom. The van der Waals surface area contributed by atoms with Gasteiger partial charge >= 0.3 is 0 Å². The number of hydrogen-bond acceptors (Lipinski definition) is 4. The van der Waals surface area contributed by atoms with Crippen LogP contribution in [0.25, 0.3) is 0 Å². The maximum absolute atomic E-state index is 12.9. The third-order valence-electron chi connectivity index (χ3n) is 4.66. The van der Waals surface area contributed by atoms with Crippen LogP contribution in [-0.4, -0.2) is 47.9 Å². The molecule has 28 heavy (non-hydrogen) atoms. The zero-order valence-corrected chi connectivity index (χ0v) is 17.1. The Morgan fingerprint density at radius 3 is 2.50 bits per heavy atom. The summed E-state index contributed by atoms with van der Waals surface area (Å²) in [6.45, 7) is 4.04. The van der Waals surface area contributed by atoms with Gasteiger partial charge in [0.2, 0.25) is 5.91 Å². The summed E-state index contributed by atoms with van der Waals surface area (Å²) >= 11 is 12.2. The van der Waals surface area contributed by atoms with E-state index in [1.54, 1.807) is 30.5 Å². The van der Waals surface area contributed by atoms with Gasteiger partial charge in [0.1, 0.15) is 12.2 Å². The molecule has 0 bridgehead atoms. The second-order valence-electron chi connectivity index (χ2n) is 6.56. The molecule has 0 radical (unpaired) electrons. The molecule has 1 aromatic carbocycles. The van der Waals surface area contributed by atoms with E-state index in [2.05, 4.69) is 15.2 Å². The summed E-state index contributed by atoms with van der Waals surface area (Å²) < 4.78 is 0. The van der Waals surface area contributed by atoms with E-state index in [9.17, 15) is 9.59 Å². The van der Waals surface area contributed by atoms with Gasteiger partial charge in [-0.1, -0.05) is 29.3 Å². The van der Waals surface area contributed by atoms with E-state index >= 15 is 0 Å². The van der Waals surface area contributed by atoms with Crippen LogP contribution in [0.2, 0.25) is 10.0 Å². The molecule has 0 unspecified atom stereocenters. The van der Waals surface area contributed by atoms with Crippen LogP contribution in [0.3, 0.4) is 0 Å². The average Bonchev–Trinajstić information content (AvgIpc) is 3.23. The summed E-state index contributed by atoms with van der Waals surface area (Å²) in [7, 11) is 0. The third kappa shape index (κ3) is 4.75. The van der Waals surface area contributed by atoms with E-state index in [1.165, 1.54) is 4.90 Å². The molecule has 2 amide bonds. The normalized spacial score (nSPS) is 13.5. The van der Waals surface area contributed by atoms with E-state index in [1.807, 2.05) is 13.0 Å². The molecular formula is C20H22Cl2N4O2. The molecule has 1 aliphatic rings. The van der Waals surface area contributed by atoms with Crippen LogP contribution >= 0.6 is 23.2 Å². The molecule has 2 aromatic rings. The number of halogens is 2. The van der Waals surface area contributed by atoms with Crippen molar-refractivity contribution in [1.29, 1.82) is 0 Å². The van der Waals surface area contributed by atoms with Crippen LogP contribution in [0.1, 0.15) is 30.3 Å². The van der Waals surface area contributed by atoms with Gasteiger partial charge in [-0.25, -0.2) is 0 Å². The summed E-state index contributed by atoms with van der Waals surface area (Å²) in [5, 5.41) is 3.37. The first-order valence-corrected chi connectivity index (χ1v) is 9.99. The van der Waals surface area contributed by atoms with Gasteiger partial charge in [0, 0.05) is 31.5 Å². The second-order valence-corrected chi connectivity index (χ2v) is 7.37. The largest absolute Gasteiger partial charge is 0.371 e. The van der Waals surface area contributed by atoms with Crippen molar-refractivity contribution < 1.29 is 9.59 Å². The lowest BCUT2D eigenvalue weighted by atomic mass is 10.2. The van der Waals surface area contributed by atoms with Gasteiger partial charge in [-0.2, -0.15) is 0 Å². The fraction of sp³-hybridized carbons (Fsp3) is 0.350. The topological polar surface area (TPSA) is 65.5 Å². The number of amides is 2. The number of hydrogen-bond donors (Lipinski definition) is 1. The molecule has 1 N–H and O–H groups in total. The number of likely N-dealkylation sites (N-methyl/N-ethyl adjacent to an activating group) is 1. The molecule has 1 saturated heterocycles. The molecule has 1 aromatic heterocycles. The summed E-state index contributed by atoms with van der Waals surface area (Å²) in [5.74, 6) is -0.662. The highest BCUT2D eigenvalue weighted by Crippen LogP contribution is 2.29. The number of carbonyl (C=O) groups is 2. The van der Waals surface area contributed by atoms with Crippen LogP contribution in [0.5, 0.6) is 0 Å². The van der Waals surface area contributed by atoms with Crippen molar-refractivity contribution >= 4 is 46.4 Å². The van der Waals surface area contributed by atoms with E-state index in [-0.39, 0.29) is 18.4 Å². The number of aromatic nitrogens is 1. The second kappa shape index (κ2) is 9.26. The van der Waals surface area contributed by atoms with Crippen LogP contribution < -0.4 is 10.2 Å². The van der Waals surface area contributed by atoms with Gasteiger partial charge in [0.15, 0.2) is 0 Å². The smallest absolute Gasteiger partial charge is 0.272 e. The minimum Gasteiger partial charge on any atom is -0.371 e. The first-order chi connectivity index (χ1) is 13.5. The van der Waals surface area contributed by atoms with Gasteiger partial charge in [-0.15, -0.1) is 0 Å². The van der Waals surface area contributed by atoms with Gasteiger partial charge in [0.25, 0.3) is 5.91 Å². The Kier molecular flexibility index (Phi) is 6.75. The number of nitrogens with one attached hydrogen (secondary N) is 1. The fourth-order valence-corrected chi connectivity index (χ4v) is 3.66. The Balaban J connectivity index is 1.70. The molecule has 0 spiro atoms. The van der Waals surface area contributed by atoms with Crippen LogP contribution in [-0.2, 0) is 4.79 Å². The van der Waals surface area contributed by atoms with Crippen molar-refractivity contribution in [3.8, 4) is 0 Å². The molecule has 1 aliphatic heterocycles. The summed E-state index contributed by atoms with van der Waals surface area (Å²) in [6.07, 6.45) is 3.94. The van der Waals surface area contributed by atoms with Crippen molar-refractivity contribution in [2.24, 2.45) is 0 Å². The van der Waals surface area contributed by atoms with E-state index in [0.717, 1.165) is 31.6 Å². The molecule has 1 fully saturated rings. The molecule has 0 aliphatic carbocycles. The minimum atomic E-state index is -0.374. The lowest BCUT2D eigenvalue weighted by molar-refractivity contribution is -0.116. The highest BCUT2D eigenvalue weighted by Gasteiger charge is 2.21. The van der Waals surface area contributed by atoms with Crippen molar-refractivity contribution in [2.75, 3.05) is 36.4 Å². The first kappa shape index (κ1) is 20.4. The Labute approximate surface area is 174 Å². The standard InChI is InChI=1S/C20H22Cl2N4O2/c1-2-25(13-18(27)24-19-15(21)6-5-7-16(19)22)20(28)17-12-14(8-9-23-17)26-10-3-4-11-26/h5-9,12H,2-4,10-11,13H2,1H3,(H,24,27). The maximum Gasteiger partial charge on any atom is 0.272 e. The third-order valence-corrected chi connectivity index (χ3v) is 5.29. The van der Waals surface area contributed by atoms with Crippen molar-refractivity contribution in [2.45, 2.75) is 19.8 Å². The van der Waals surface area contributed by atoms with Gasteiger partial charge in [-0.3, -0.25) is 14.6 Å². The van der Waals surface area contributed by atoms with Crippen molar-refractivity contribution in [1.82, 2.24) is 9.88 Å². The van der Waals surface area contributed by atoms with Gasteiger partial charge < -0.3 is 15.1 Å². The summed E-state index contributed by atoms with van der Waals surface area (Å²) in [6, 6.07) is 8.67. The number of carbonyl (C=O) groups excluding carboxylic acids is 2. The maximum atomic E-state index is 12.9. The number of para-hydroxylation sites is 1. The monoisotopic (exact) mass is 420 g/mol. The van der Waals surface area contributed by atoms with E-state index < -0.39 is 0 Å². The van der Waals surface area contributed by atoms with E-state index in [0.29, 0.717) is 28.0 Å². The predicted molar refractivity (Wildman–Crippen MR) is 112 cm³/mol. The van der Waals surface area contributed by atoms with Crippen molar-refractivity contribution in [3.63, 3.8) is 0 Å². The van der Waals surface area contributed by atoms with Gasteiger partial charge in [-0.05, 0) is 44.0 Å². The Hall–Kier alpha value is -2.31. The molecule has 6 nitrogen and oxygen atoms in total. The summed E-state index contributed by atoms with van der Waals surface area (Å²) in [5.41, 5.74) is 1.66. The number of benzene rings is 1. The molecule has 0 atom stereocenters. The zero-order chi connectivity index (χ0) is 20.1. The number of nitrogens with zero attached hydrogens (tertiary/aromatic N) is 3. The minimum absolute atomic E-state index is 0.119. The molecule has 8 heteroatoms. The quantitative estimate of drug-likeness (QED) is 0.763. The highest BCUT2D eigenvalue weighted by atomic mass is 35.5. The average molecular weight is 421 g/mol. The summed E-state index contributed by atoms with van der Waals surface area (Å²) in [4.78, 5) is 33.2. The zero-order valence-electron chi connectivity index (χ0n) is 15.6. The number of anilines is 2. The van der Waals surface area contributed by atoms with E-state index in [4.69, 9.17) is 23.2 Å². The molecular weight excluding hydrogens is 399 g/mol. The Morgan fingerprint density at radius 1 is 1.18 bits per heavy atom. The highest BCUT2D eigenvalue weighted by molar-refractivity contribution is 6.39. The van der Waals surface area contributed by atoms with Crippen molar-refractivity contribution in [3.05, 3.63) is 52.3 Å². The van der Waals surface area contributed by atoms with Crippen LogP contribution in [0.15, 0.2) is 36.5 Å². The number of rotatable bonds is 6. The molecule has 2 heterocycles. The van der Waals surface area contributed by atoms with Crippen LogP contribution in [0.4, 0.5) is 11.4 Å². The number of pyridine rings is 1. The molecule has 0 saturated carbocycles. The molecule has 148 valence electrons. The molecule has 3 rings (SSSR count).